The van der Waals surface area contributed by atoms with Crippen LogP contribution in [0.1, 0.15) is 45.6 Å². The Hall–Kier alpha value is -2.84. The average Bonchev–Trinajstić information content (AvgIpc) is 3.25. The van der Waals surface area contributed by atoms with Crippen LogP contribution in [0.4, 0.5) is 4.39 Å². The zero-order valence-corrected chi connectivity index (χ0v) is 19.2. The van der Waals surface area contributed by atoms with Gasteiger partial charge >= 0.3 is 6.01 Å². The normalized spacial score (nSPS) is 18.6. The van der Waals surface area contributed by atoms with Crippen molar-refractivity contribution in [2.24, 2.45) is 5.92 Å². The first kappa shape index (κ1) is 23.3. The molecule has 3 aromatic rings. The number of nitrogens with one attached hydrogen (secondary N) is 1. The summed E-state index contributed by atoms with van der Waals surface area (Å²) in [7, 11) is 0. The molecule has 0 unspecified atom stereocenters. The predicted octanol–water partition coefficient (Wildman–Crippen LogP) is 4.25. The molecule has 7 nitrogen and oxygen atoms in total. The smallest absolute Gasteiger partial charge is 0.316 e. The lowest BCUT2D eigenvalue weighted by Gasteiger charge is -2.28. The molecule has 1 aliphatic rings. The standard InChI is InChI=1S/C25H32FN5O2/c1-17(2)15-27-13-14-33-25-28-12-11-22(30-25)24-23(18-3-5-19(26)6-4-18)29-16-31(24)20-7-9-21(32)10-8-20/h3-6,11-12,16-17,20-21,27,32H,7-10,13-15H2,1-2H3. The van der Waals surface area contributed by atoms with Gasteiger partial charge in [-0.25, -0.2) is 14.4 Å². The summed E-state index contributed by atoms with van der Waals surface area (Å²) in [6.45, 7) is 6.45. The van der Waals surface area contributed by atoms with Crippen molar-refractivity contribution >= 4 is 0 Å². The largest absolute Gasteiger partial charge is 0.462 e. The summed E-state index contributed by atoms with van der Waals surface area (Å²) in [6.07, 6.45) is 6.52. The third-order valence-corrected chi connectivity index (χ3v) is 5.91. The van der Waals surface area contributed by atoms with Crippen LogP contribution in [0.5, 0.6) is 6.01 Å². The fourth-order valence-electron chi connectivity index (χ4n) is 4.19. The van der Waals surface area contributed by atoms with Gasteiger partial charge < -0.3 is 19.7 Å². The minimum Gasteiger partial charge on any atom is -0.462 e. The highest BCUT2D eigenvalue weighted by atomic mass is 19.1. The van der Waals surface area contributed by atoms with E-state index in [0.29, 0.717) is 24.2 Å². The number of benzene rings is 1. The number of nitrogens with zero attached hydrogens (tertiary/aromatic N) is 4. The number of aliphatic hydroxyl groups excluding tert-OH is 1. The maximum Gasteiger partial charge on any atom is 0.316 e. The van der Waals surface area contributed by atoms with Crippen LogP contribution in [0.25, 0.3) is 22.6 Å². The molecule has 33 heavy (non-hydrogen) atoms. The number of aliphatic hydroxyl groups is 1. The van der Waals surface area contributed by atoms with E-state index in [0.717, 1.165) is 55.7 Å². The molecule has 1 aromatic carbocycles. The van der Waals surface area contributed by atoms with Crippen LogP contribution in [-0.4, -0.2) is 50.4 Å². The van der Waals surface area contributed by atoms with Crippen LogP contribution >= 0.6 is 0 Å². The number of aromatic nitrogens is 4. The molecule has 2 heterocycles. The first-order valence-corrected chi connectivity index (χ1v) is 11.7. The second-order valence-electron chi connectivity index (χ2n) is 8.99. The van der Waals surface area contributed by atoms with Crippen LogP contribution in [0, 0.1) is 11.7 Å². The van der Waals surface area contributed by atoms with E-state index in [4.69, 9.17) is 4.74 Å². The van der Waals surface area contributed by atoms with E-state index in [-0.39, 0.29) is 18.0 Å². The fourth-order valence-corrected chi connectivity index (χ4v) is 4.19. The van der Waals surface area contributed by atoms with E-state index in [2.05, 4.69) is 38.7 Å². The quantitative estimate of drug-likeness (QED) is 0.471. The lowest BCUT2D eigenvalue weighted by atomic mass is 9.92. The molecule has 1 aliphatic carbocycles. The molecule has 0 radical (unpaired) electrons. The topological polar surface area (TPSA) is 85.1 Å². The first-order chi connectivity index (χ1) is 16.0. The molecule has 8 heteroatoms. The summed E-state index contributed by atoms with van der Waals surface area (Å²) in [5, 5.41) is 13.3. The highest BCUT2D eigenvalue weighted by Crippen LogP contribution is 2.37. The van der Waals surface area contributed by atoms with Gasteiger partial charge in [-0.1, -0.05) is 13.8 Å². The lowest BCUT2D eigenvalue weighted by Crippen LogP contribution is -2.25. The first-order valence-electron chi connectivity index (χ1n) is 11.7. The maximum absolute atomic E-state index is 13.5. The zero-order chi connectivity index (χ0) is 23.2. The average molecular weight is 454 g/mol. The van der Waals surface area contributed by atoms with Gasteiger partial charge in [0.15, 0.2) is 0 Å². The molecule has 0 spiro atoms. The number of hydrogen-bond acceptors (Lipinski definition) is 6. The van der Waals surface area contributed by atoms with Crippen molar-refractivity contribution < 1.29 is 14.2 Å². The molecule has 1 saturated carbocycles. The van der Waals surface area contributed by atoms with Crippen LogP contribution in [0.15, 0.2) is 42.9 Å². The SMILES string of the molecule is CC(C)CNCCOc1nccc(-c2c(-c3ccc(F)cc3)ncn2C2CCC(O)CC2)n1. The monoisotopic (exact) mass is 453 g/mol. The van der Waals surface area contributed by atoms with Gasteiger partial charge in [-0.2, -0.15) is 4.98 Å². The van der Waals surface area contributed by atoms with Crippen molar-refractivity contribution in [3.8, 4) is 28.7 Å². The number of ether oxygens (including phenoxy) is 1. The van der Waals surface area contributed by atoms with Gasteiger partial charge in [0.05, 0.1) is 29.5 Å². The number of hydrogen-bond donors (Lipinski definition) is 2. The molecule has 0 bridgehead atoms. The van der Waals surface area contributed by atoms with Crippen molar-refractivity contribution in [1.82, 2.24) is 24.8 Å². The van der Waals surface area contributed by atoms with Crippen molar-refractivity contribution in [2.45, 2.75) is 51.7 Å². The number of halogens is 1. The van der Waals surface area contributed by atoms with Crippen molar-refractivity contribution in [3.63, 3.8) is 0 Å². The number of rotatable bonds is 9. The summed E-state index contributed by atoms with van der Waals surface area (Å²) in [4.78, 5) is 13.6. The van der Waals surface area contributed by atoms with Gasteiger partial charge in [-0.05, 0) is 68.5 Å². The van der Waals surface area contributed by atoms with Gasteiger partial charge in [-0.15, -0.1) is 0 Å². The second-order valence-corrected chi connectivity index (χ2v) is 8.99. The summed E-state index contributed by atoms with van der Waals surface area (Å²) in [5.41, 5.74) is 3.12. The summed E-state index contributed by atoms with van der Waals surface area (Å²) >= 11 is 0. The van der Waals surface area contributed by atoms with Crippen molar-refractivity contribution in [1.29, 1.82) is 0 Å². The van der Waals surface area contributed by atoms with E-state index >= 15 is 0 Å². The van der Waals surface area contributed by atoms with Gasteiger partial charge in [0.2, 0.25) is 0 Å². The minimum atomic E-state index is -0.287. The molecule has 0 amide bonds. The minimum absolute atomic E-state index is 0.213. The van der Waals surface area contributed by atoms with Crippen molar-refractivity contribution in [3.05, 3.63) is 48.7 Å². The van der Waals surface area contributed by atoms with Gasteiger partial charge in [-0.3, -0.25) is 0 Å². The molecule has 0 saturated heterocycles. The molecule has 0 atom stereocenters. The Morgan fingerprint density at radius 2 is 1.88 bits per heavy atom. The predicted molar refractivity (Wildman–Crippen MR) is 125 cm³/mol. The Morgan fingerprint density at radius 3 is 2.61 bits per heavy atom. The van der Waals surface area contributed by atoms with Gasteiger partial charge in [0, 0.05) is 24.3 Å². The van der Waals surface area contributed by atoms with E-state index in [1.165, 1.54) is 12.1 Å². The zero-order valence-electron chi connectivity index (χ0n) is 19.2. The van der Waals surface area contributed by atoms with E-state index < -0.39 is 0 Å². The van der Waals surface area contributed by atoms with Crippen LogP contribution in [0.3, 0.4) is 0 Å². The molecule has 1 fully saturated rings. The number of imidazole rings is 1. The molecule has 0 aliphatic heterocycles. The highest BCUT2D eigenvalue weighted by Gasteiger charge is 2.26. The van der Waals surface area contributed by atoms with Crippen LogP contribution < -0.4 is 10.1 Å². The Bertz CT molecular complexity index is 1030. The molecule has 176 valence electrons. The van der Waals surface area contributed by atoms with Gasteiger partial charge in [0.25, 0.3) is 0 Å². The molecule has 2 aromatic heterocycles. The van der Waals surface area contributed by atoms with Crippen molar-refractivity contribution in [2.75, 3.05) is 19.7 Å². The highest BCUT2D eigenvalue weighted by molar-refractivity contribution is 5.77. The van der Waals surface area contributed by atoms with Crippen LogP contribution in [0.2, 0.25) is 0 Å². The Labute approximate surface area is 194 Å². The Balaban J connectivity index is 1.62. The third kappa shape index (κ3) is 5.94. The van der Waals surface area contributed by atoms with Crippen LogP contribution in [-0.2, 0) is 0 Å². The summed E-state index contributed by atoms with van der Waals surface area (Å²) < 4.78 is 21.5. The molecule has 4 rings (SSSR count). The van der Waals surface area contributed by atoms with E-state index in [9.17, 15) is 9.50 Å². The van der Waals surface area contributed by atoms with E-state index in [1.54, 1.807) is 18.3 Å². The lowest BCUT2D eigenvalue weighted by molar-refractivity contribution is 0.111. The third-order valence-electron chi connectivity index (χ3n) is 5.91. The molecular formula is C25H32FN5O2. The molecule has 2 N–H and O–H groups in total. The Kier molecular flexibility index (Phi) is 7.67. The second kappa shape index (κ2) is 10.9. The maximum atomic E-state index is 13.5. The Morgan fingerprint density at radius 1 is 1.12 bits per heavy atom. The summed E-state index contributed by atoms with van der Waals surface area (Å²) in [5.74, 6) is 0.292. The summed E-state index contributed by atoms with van der Waals surface area (Å²) in [6, 6.07) is 8.72. The fraction of sp³-hybridized carbons (Fsp3) is 0.480. The van der Waals surface area contributed by atoms with E-state index in [1.807, 2.05) is 12.4 Å². The van der Waals surface area contributed by atoms with Gasteiger partial charge in [0.1, 0.15) is 12.4 Å². The molecular weight excluding hydrogens is 421 g/mol.